The van der Waals surface area contributed by atoms with E-state index < -0.39 is 53.8 Å². The number of likely N-dealkylation sites (tertiary alicyclic amines) is 1. The highest BCUT2D eigenvalue weighted by molar-refractivity contribution is 5.94. The van der Waals surface area contributed by atoms with E-state index in [1.54, 1.807) is 12.1 Å². The van der Waals surface area contributed by atoms with Crippen molar-refractivity contribution in [3.05, 3.63) is 29.8 Å². The highest BCUT2D eigenvalue weighted by atomic mass is 16.4. The molecule has 12 heteroatoms. The van der Waals surface area contributed by atoms with Crippen molar-refractivity contribution in [2.75, 3.05) is 6.54 Å². The number of benzene rings is 1. The van der Waals surface area contributed by atoms with Crippen LogP contribution in [0.3, 0.4) is 0 Å². The molecule has 1 aliphatic rings. The maximum atomic E-state index is 13.1. The SMILES string of the molecule is CC(C)CC(NC(=O)C1CCCN1C(=O)C(N)CCC(=O)O)C(=O)NC(Cc1ccc(O)cc1)C(=O)O. The van der Waals surface area contributed by atoms with E-state index in [1.807, 2.05) is 13.8 Å². The van der Waals surface area contributed by atoms with E-state index in [2.05, 4.69) is 10.6 Å². The van der Waals surface area contributed by atoms with Gasteiger partial charge in [-0.25, -0.2) is 4.79 Å². The zero-order valence-corrected chi connectivity index (χ0v) is 21.1. The first kappa shape index (κ1) is 29.6. The standard InChI is InChI=1S/C25H36N4O8/c1-14(2)12-18(22(33)28-19(25(36)37)13-15-5-7-16(30)8-6-15)27-23(34)20-4-3-11-29(20)24(35)17(26)9-10-21(31)32/h5-8,14,17-20,30H,3-4,9-13,26H2,1-2H3,(H,27,34)(H,28,33)(H,31,32)(H,36,37). The molecule has 1 heterocycles. The number of carbonyl (C=O) groups excluding carboxylic acids is 3. The Morgan fingerprint density at radius 3 is 2.27 bits per heavy atom. The van der Waals surface area contributed by atoms with Gasteiger partial charge in [-0.2, -0.15) is 0 Å². The van der Waals surface area contributed by atoms with Gasteiger partial charge in [0.25, 0.3) is 0 Å². The van der Waals surface area contributed by atoms with Gasteiger partial charge >= 0.3 is 11.9 Å². The number of amides is 3. The lowest BCUT2D eigenvalue weighted by molar-refractivity contribution is -0.143. The predicted octanol–water partition coefficient (Wildman–Crippen LogP) is 0.218. The molecule has 2 rings (SSSR count). The summed E-state index contributed by atoms with van der Waals surface area (Å²) in [5.41, 5.74) is 6.45. The minimum atomic E-state index is -1.26. The van der Waals surface area contributed by atoms with E-state index in [0.717, 1.165) is 0 Å². The Balaban J connectivity index is 2.09. The fraction of sp³-hybridized carbons (Fsp3) is 0.560. The summed E-state index contributed by atoms with van der Waals surface area (Å²) in [6.45, 7) is 3.99. The van der Waals surface area contributed by atoms with Crippen molar-refractivity contribution in [1.82, 2.24) is 15.5 Å². The largest absolute Gasteiger partial charge is 0.508 e. The van der Waals surface area contributed by atoms with Gasteiger partial charge in [0.15, 0.2) is 0 Å². The molecule has 4 unspecified atom stereocenters. The van der Waals surface area contributed by atoms with Gasteiger partial charge < -0.3 is 36.6 Å². The molecule has 1 aromatic carbocycles. The van der Waals surface area contributed by atoms with Gasteiger partial charge in [0.1, 0.15) is 23.9 Å². The molecule has 3 amide bonds. The van der Waals surface area contributed by atoms with Crippen LogP contribution in [0.1, 0.15) is 51.5 Å². The molecule has 4 atom stereocenters. The second-order valence-electron chi connectivity index (χ2n) is 9.69. The zero-order chi connectivity index (χ0) is 27.7. The van der Waals surface area contributed by atoms with Crippen LogP contribution in [-0.4, -0.2) is 80.6 Å². The number of carbonyl (C=O) groups is 5. The normalized spacial score (nSPS) is 17.6. The summed E-state index contributed by atoms with van der Waals surface area (Å²) in [5, 5.41) is 33.1. The van der Waals surface area contributed by atoms with Crippen LogP contribution < -0.4 is 16.4 Å². The van der Waals surface area contributed by atoms with Gasteiger partial charge in [0, 0.05) is 19.4 Å². The van der Waals surface area contributed by atoms with Crippen molar-refractivity contribution >= 4 is 29.7 Å². The molecule has 7 N–H and O–H groups in total. The quantitative estimate of drug-likeness (QED) is 0.210. The lowest BCUT2D eigenvalue weighted by atomic mass is 10.0. The molecule has 0 spiro atoms. The molecule has 1 saturated heterocycles. The molecule has 0 saturated carbocycles. The highest BCUT2D eigenvalue weighted by Crippen LogP contribution is 2.20. The third-order valence-electron chi connectivity index (χ3n) is 6.16. The second-order valence-corrected chi connectivity index (χ2v) is 9.69. The maximum Gasteiger partial charge on any atom is 0.326 e. The second kappa shape index (κ2) is 13.6. The molecule has 0 aliphatic carbocycles. The Morgan fingerprint density at radius 2 is 1.70 bits per heavy atom. The number of aliphatic carboxylic acids is 2. The summed E-state index contributed by atoms with van der Waals surface area (Å²) < 4.78 is 0. The van der Waals surface area contributed by atoms with Crippen molar-refractivity contribution in [3.63, 3.8) is 0 Å². The molecule has 1 aromatic rings. The molecule has 37 heavy (non-hydrogen) atoms. The van der Waals surface area contributed by atoms with Crippen LogP contribution in [0, 0.1) is 5.92 Å². The third kappa shape index (κ3) is 9.05. The van der Waals surface area contributed by atoms with Crippen molar-refractivity contribution < 1.29 is 39.3 Å². The van der Waals surface area contributed by atoms with Crippen molar-refractivity contribution in [2.24, 2.45) is 11.7 Å². The number of aromatic hydroxyl groups is 1. The van der Waals surface area contributed by atoms with Crippen LogP contribution in [-0.2, 0) is 30.4 Å². The Hall–Kier alpha value is -3.67. The number of hydrogen-bond acceptors (Lipinski definition) is 7. The van der Waals surface area contributed by atoms with Crippen LogP contribution in [0.4, 0.5) is 0 Å². The fourth-order valence-corrected chi connectivity index (χ4v) is 4.23. The van der Waals surface area contributed by atoms with Gasteiger partial charge in [-0.1, -0.05) is 26.0 Å². The smallest absolute Gasteiger partial charge is 0.326 e. The van der Waals surface area contributed by atoms with E-state index in [-0.39, 0.29) is 43.9 Å². The highest BCUT2D eigenvalue weighted by Gasteiger charge is 2.38. The molecular formula is C25H36N4O8. The maximum absolute atomic E-state index is 13.1. The average molecular weight is 521 g/mol. The summed E-state index contributed by atoms with van der Waals surface area (Å²) in [7, 11) is 0. The average Bonchev–Trinajstić information content (AvgIpc) is 3.32. The number of rotatable bonds is 13. The zero-order valence-electron chi connectivity index (χ0n) is 21.1. The number of carboxylic acid groups (broad SMARTS) is 2. The summed E-state index contributed by atoms with van der Waals surface area (Å²) in [6.07, 6.45) is 0.783. The summed E-state index contributed by atoms with van der Waals surface area (Å²) in [4.78, 5) is 62.9. The molecule has 1 aliphatic heterocycles. The Bertz CT molecular complexity index is 981. The summed E-state index contributed by atoms with van der Waals surface area (Å²) in [5.74, 6) is -4.05. The molecule has 12 nitrogen and oxygen atoms in total. The van der Waals surface area contributed by atoms with Crippen LogP contribution in [0.15, 0.2) is 24.3 Å². The van der Waals surface area contributed by atoms with Crippen LogP contribution >= 0.6 is 0 Å². The molecular weight excluding hydrogens is 484 g/mol. The number of hydrogen-bond donors (Lipinski definition) is 6. The van der Waals surface area contributed by atoms with Crippen LogP contribution in [0.5, 0.6) is 5.75 Å². The monoisotopic (exact) mass is 520 g/mol. The number of nitrogens with two attached hydrogens (primary N) is 1. The Morgan fingerprint density at radius 1 is 1.05 bits per heavy atom. The molecule has 0 bridgehead atoms. The number of nitrogens with one attached hydrogen (secondary N) is 2. The van der Waals surface area contributed by atoms with Gasteiger partial charge in [-0.15, -0.1) is 0 Å². The first-order chi connectivity index (χ1) is 17.4. The van der Waals surface area contributed by atoms with Crippen LogP contribution in [0.25, 0.3) is 0 Å². The van der Waals surface area contributed by atoms with Gasteiger partial charge in [0.2, 0.25) is 17.7 Å². The topological polar surface area (TPSA) is 199 Å². The van der Waals surface area contributed by atoms with E-state index in [4.69, 9.17) is 10.8 Å². The number of carboxylic acids is 2. The van der Waals surface area contributed by atoms with E-state index >= 15 is 0 Å². The molecule has 1 fully saturated rings. The van der Waals surface area contributed by atoms with Gasteiger partial charge in [-0.3, -0.25) is 19.2 Å². The van der Waals surface area contributed by atoms with E-state index in [1.165, 1.54) is 17.0 Å². The number of phenols is 1. The number of phenolic OH excluding ortho intramolecular Hbond substituents is 1. The fourth-order valence-electron chi connectivity index (χ4n) is 4.23. The summed E-state index contributed by atoms with van der Waals surface area (Å²) >= 11 is 0. The van der Waals surface area contributed by atoms with Crippen molar-refractivity contribution in [1.29, 1.82) is 0 Å². The number of nitrogens with zero attached hydrogens (tertiary/aromatic N) is 1. The Labute approximate surface area is 215 Å². The van der Waals surface area contributed by atoms with E-state index in [9.17, 15) is 34.2 Å². The van der Waals surface area contributed by atoms with Crippen LogP contribution in [0.2, 0.25) is 0 Å². The first-order valence-electron chi connectivity index (χ1n) is 12.3. The summed E-state index contributed by atoms with van der Waals surface area (Å²) in [6, 6.07) is 1.72. The minimum absolute atomic E-state index is 0.0119. The first-order valence-corrected chi connectivity index (χ1v) is 12.3. The van der Waals surface area contributed by atoms with Gasteiger partial charge in [-0.05, 0) is 49.3 Å². The lowest BCUT2D eigenvalue weighted by Crippen LogP contribution is -2.57. The van der Waals surface area contributed by atoms with E-state index in [0.29, 0.717) is 18.4 Å². The Kier molecular flexibility index (Phi) is 10.9. The van der Waals surface area contributed by atoms with Gasteiger partial charge in [0.05, 0.1) is 6.04 Å². The van der Waals surface area contributed by atoms with Crippen molar-refractivity contribution in [2.45, 2.75) is 76.5 Å². The molecule has 204 valence electrons. The lowest BCUT2D eigenvalue weighted by Gasteiger charge is -2.29. The predicted molar refractivity (Wildman–Crippen MR) is 132 cm³/mol. The third-order valence-corrected chi connectivity index (χ3v) is 6.16. The minimum Gasteiger partial charge on any atom is -0.508 e. The molecule has 0 aromatic heterocycles. The van der Waals surface area contributed by atoms with Crippen molar-refractivity contribution in [3.8, 4) is 5.75 Å². The molecule has 0 radical (unpaired) electrons.